The second-order valence-electron chi connectivity index (χ2n) is 11.3. The summed E-state index contributed by atoms with van der Waals surface area (Å²) in [6.45, 7) is 11.5. The molecule has 40 heavy (non-hydrogen) atoms. The number of ether oxygens (including phenoxy) is 4. The second-order valence-corrected chi connectivity index (χ2v) is 15.7. The van der Waals surface area contributed by atoms with Crippen LogP contribution in [0.3, 0.4) is 0 Å². The number of hydrogen-bond acceptors (Lipinski definition) is 7. The molecule has 0 unspecified atom stereocenters. The summed E-state index contributed by atoms with van der Waals surface area (Å²) in [6, 6.07) is 21.1. The third-order valence-electron chi connectivity index (χ3n) is 7.33. The van der Waals surface area contributed by atoms with Crippen LogP contribution in [0, 0.1) is 0 Å². The molecule has 0 aliphatic carbocycles. The van der Waals surface area contributed by atoms with Crippen molar-refractivity contribution in [3.05, 3.63) is 72.3 Å². The number of rotatable bonds is 14. The molecule has 2 aromatic carbocycles. The lowest BCUT2D eigenvalue weighted by Gasteiger charge is -2.43. The summed E-state index contributed by atoms with van der Waals surface area (Å²) in [4.78, 5) is 12.0. The Morgan fingerprint density at radius 3 is 2.23 bits per heavy atom. The Labute approximate surface area is 240 Å². The molecule has 4 atom stereocenters. The van der Waals surface area contributed by atoms with Crippen molar-refractivity contribution in [2.24, 2.45) is 0 Å². The van der Waals surface area contributed by atoms with E-state index in [1.807, 2.05) is 25.1 Å². The average molecular weight is 571 g/mol. The van der Waals surface area contributed by atoms with Crippen molar-refractivity contribution in [1.29, 1.82) is 0 Å². The van der Waals surface area contributed by atoms with Crippen LogP contribution in [0.1, 0.15) is 53.9 Å². The van der Waals surface area contributed by atoms with Gasteiger partial charge in [-0.1, -0.05) is 93.1 Å². The molecular weight excluding hydrogens is 524 g/mol. The summed E-state index contributed by atoms with van der Waals surface area (Å²) in [5.74, 6) is -0.319. The minimum absolute atomic E-state index is 0.0817. The molecule has 0 bridgehead atoms. The van der Waals surface area contributed by atoms with E-state index >= 15 is 0 Å². The normalized spacial score (nSPS) is 20.9. The standard InChI is InChI=1S/C32H46O7Si/c1-7-36-30(34)22-25-21-29(37-23-35-6)31(39-25)28(33)20-24(2)18-19-38-40(32(3,4)5,26-14-10-8-11-15-26)27-16-12-9-13-17-27/h8-17,20,25,28-29,31,33H,7,18-19,21-23H2,1-6H3/b24-20+/t25-,28-,29-,31+/m1/s1. The first kappa shape index (κ1) is 32.2. The Kier molecular flexibility index (Phi) is 12.1. The van der Waals surface area contributed by atoms with E-state index in [2.05, 4.69) is 69.3 Å². The minimum Gasteiger partial charge on any atom is -0.466 e. The Balaban J connectivity index is 1.74. The zero-order valence-electron chi connectivity index (χ0n) is 24.8. The summed E-state index contributed by atoms with van der Waals surface area (Å²) >= 11 is 0. The van der Waals surface area contributed by atoms with E-state index < -0.39 is 26.6 Å². The van der Waals surface area contributed by atoms with E-state index in [1.165, 1.54) is 10.4 Å². The number of aliphatic hydroxyl groups excluding tert-OH is 1. The maximum atomic E-state index is 12.0. The first-order valence-electron chi connectivity index (χ1n) is 14.1. The molecule has 1 heterocycles. The van der Waals surface area contributed by atoms with Gasteiger partial charge in [0.1, 0.15) is 19.0 Å². The van der Waals surface area contributed by atoms with E-state index in [-0.39, 0.29) is 30.3 Å². The Bertz CT molecular complexity index is 1030. The van der Waals surface area contributed by atoms with Gasteiger partial charge in [0, 0.05) is 20.1 Å². The van der Waals surface area contributed by atoms with Crippen molar-refractivity contribution in [3.8, 4) is 0 Å². The highest BCUT2D eigenvalue weighted by molar-refractivity contribution is 6.99. The molecule has 1 fully saturated rings. The zero-order valence-corrected chi connectivity index (χ0v) is 25.8. The van der Waals surface area contributed by atoms with Crippen molar-refractivity contribution < 1.29 is 33.3 Å². The first-order chi connectivity index (χ1) is 19.1. The van der Waals surface area contributed by atoms with Crippen molar-refractivity contribution >= 4 is 24.7 Å². The van der Waals surface area contributed by atoms with Crippen LogP contribution < -0.4 is 10.4 Å². The zero-order chi connectivity index (χ0) is 29.2. The molecular formula is C32H46O7Si. The predicted molar refractivity (Wildman–Crippen MR) is 159 cm³/mol. The van der Waals surface area contributed by atoms with Gasteiger partial charge in [-0.2, -0.15) is 0 Å². The molecule has 2 aromatic rings. The smallest absolute Gasteiger partial charge is 0.308 e. The highest BCUT2D eigenvalue weighted by atomic mass is 28.4. The molecule has 0 saturated carbocycles. The lowest BCUT2D eigenvalue weighted by molar-refractivity contribution is -0.147. The first-order valence-corrected chi connectivity index (χ1v) is 16.0. The van der Waals surface area contributed by atoms with Crippen LogP contribution >= 0.6 is 0 Å². The molecule has 1 saturated heterocycles. The van der Waals surface area contributed by atoms with E-state index in [0.29, 0.717) is 26.1 Å². The molecule has 8 heteroatoms. The highest BCUT2D eigenvalue weighted by Gasteiger charge is 2.50. The molecule has 0 spiro atoms. The van der Waals surface area contributed by atoms with Crippen LogP contribution in [0.25, 0.3) is 0 Å². The third kappa shape index (κ3) is 8.12. The lowest BCUT2D eigenvalue weighted by atomic mass is 10.0. The van der Waals surface area contributed by atoms with Crippen LogP contribution in [0.15, 0.2) is 72.3 Å². The van der Waals surface area contributed by atoms with Gasteiger partial charge in [-0.25, -0.2) is 0 Å². The summed E-state index contributed by atoms with van der Waals surface area (Å²) in [5, 5.41) is 13.5. The summed E-state index contributed by atoms with van der Waals surface area (Å²) in [6.07, 6.45) is 0.787. The fraction of sp³-hybridized carbons (Fsp3) is 0.531. The van der Waals surface area contributed by atoms with E-state index in [9.17, 15) is 9.90 Å². The second kappa shape index (κ2) is 15.1. The molecule has 1 N–H and O–H groups in total. The van der Waals surface area contributed by atoms with Crippen LogP contribution in [-0.4, -0.2) is 70.9 Å². The van der Waals surface area contributed by atoms with Gasteiger partial charge in [0.2, 0.25) is 0 Å². The van der Waals surface area contributed by atoms with Gasteiger partial charge < -0.3 is 28.5 Å². The van der Waals surface area contributed by atoms with Gasteiger partial charge in [0.05, 0.1) is 25.2 Å². The quantitative estimate of drug-likeness (QED) is 0.156. The monoisotopic (exact) mass is 570 g/mol. The fourth-order valence-electron chi connectivity index (χ4n) is 5.51. The van der Waals surface area contributed by atoms with Gasteiger partial charge in [0.15, 0.2) is 0 Å². The molecule has 0 amide bonds. The highest BCUT2D eigenvalue weighted by Crippen LogP contribution is 2.37. The van der Waals surface area contributed by atoms with Crippen molar-refractivity contribution in [1.82, 2.24) is 0 Å². The number of hydrogen-bond donors (Lipinski definition) is 1. The van der Waals surface area contributed by atoms with E-state index in [1.54, 1.807) is 14.0 Å². The van der Waals surface area contributed by atoms with Gasteiger partial charge in [0.25, 0.3) is 8.32 Å². The Morgan fingerprint density at radius 2 is 1.70 bits per heavy atom. The topological polar surface area (TPSA) is 83.5 Å². The van der Waals surface area contributed by atoms with Crippen LogP contribution in [0.5, 0.6) is 0 Å². The number of carbonyl (C=O) groups is 1. The number of methoxy groups -OCH3 is 1. The largest absolute Gasteiger partial charge is 0.466 e. The van der Waals surface area contributed by atoms with Crippen molar-refractivity contribution in [2.75, 3.05) is 27.1 Å². The van der Waals surface area contributed by atoms with Crippen LogP contribution in [0.2, 0.25) is 5.04 Å². The van der Waals surface area contributed by atoms with Gasteiger partial charge >= 0.3 is 5.97 Å². The fourth-order valence-corrected chi connectivity index (χ4v) is 10.1. The summed E-state index contributed by atoms with van der Waals surface area (Å²) < 4.78 is 29.0. The molecule has 0 radical (unpaired) electrons. The number of aliphatic hydroxyl groups is 1. The molecule has 220 valence electrons. The molecule has 7 nitrogen and oxygen atoms in total. The SMILES string of the molecule is CCOC(=O)C[C@H]1C[C@@H](OCOC)[C@H]([C@H](O)/C=C(\C)CCO[Si](c2ccccc2)(c2ccccc2)C(C)(C)C)O1. The number of carbonyl (C=O) groups excluding carboxylic acids is 1. The Hall–Kier alpha value is -2.33. The van der Waals surface area contributed by atoms with Crippen molar-refractivity contribution in [2.45, 2.75) is 83.3 Å². The van der Waals surface area contributed by atoms with Gasteiger partial charge in [-0.05, 0) is 35.7 Å². The van der Waals surface area contributed by atoms with E-state index in [0.717, 1.165) is 5.57 Å². The van der Waals surface area contributed by atoms with Gasteiger partial charge in [-0.3, -0.25) is 4.79 Å². The lowest BCUT2D eigenvalue weighted by Crippen LogP contribution is -2.66. The Morgan fingerprint density at radius 1 is 1.10 bits per heavy atom. The molecule has 1 aliphatic heterocycles. The summed E-state index contributed by atoms with van der Waals surface area (Å²) in [5.41, 5.74) is 0.994. The van der Waals surface area contributed by atoms with Crippen molar-refractivity contribution in [3.63, 3.8) is 0 Å². The van der Waals surface area contributed by atoms with Crippen LogP contribution in [0.4, 0.5) is 0 Å². The average Bonchev–Trinajstić information content (AvgIpc) is 3.32. The molecule has 0 aromatic heterocycles. The van der Waals surface area contributed by atoms with E-state index in [4.69, 9.17) is 23.4 Å². The number of esters is 1. The minimum atomic E-state index is -2.63. The molecule has 3 rings (SSSR count). The maximum absolute atomic E-state index is 12.0. The summed E-state index contributed by atoms with van der Waals surface area (Å²) in [7, 11) is -1.08. The molecule has 1 aliphatic rings. The maximum Gasteiger partial charge on any atom is 0.308 e. The third-order valence-corrected chi connectivity index (χ3v) is 12.4. The number of benzene rings is 2. The van der Waals surface area contributed by atoms with Gasteiger partial charge in [-0.15, -0.1) is 0 Å². The predicted octanol–water partition coefficient (Wildman–Crippen LogP) is 4.36. The van der Waals surface area contributed by atoms with Crippen LogP contribution in [-0.2, 0) is 28.2 Å².